The second kappa shape index (κ2) is 4.87. The maximum absolute atomic E-state index is 5.49. The van der Waals surface area contributed by atoms with Gasteiger partial charge in [0.1, 0.15) is 5.75 Å². The fraction of sp³-hybridized carbons (Fsp3) is 0.455. The van der Waals surface area contributed by atoms with Gasteiger partial charge in [-0.3, -0.25) is 0 Å². The summed E-state index contributed by atoms with van der Waals surface area (Å²) in [6.07, 6.45) is 1.94. The Morgan fingerprint density at radius 2 is 2.15 bits per heavy atom. The molecule has 0 aliphatic carbocycles. The average molecular weight is 179 g/mol. The van der Waals surface area contributed by atoms with Crippen molar-refractivity contribution in [2.75, 3.05) is 13.7 Å². The van der Waals surface area contributed by atoms with Gasteiger partial charge >= 0.3 is 0 Å². The highest BCUT2D eigenvalue weighted by Crippen LogP contribution is 2.20. The van der Waals surface area contributed by atoms with Crippen molar-refractivity contribution in [3.8, 4) is 5.75 Å². The molecule has 0 fully saturated rings. The SMILES string of the molecule is CCc1cc(CCN)ccc1OC. The van der Waals surface area contributed by atoms with Gasteiger partial charge in [0.05, 0.1) is 7.11 Å². The molecule has 0 radical (unpaired) electrons. The molecule has 2 N–H and O–H groups in total. The number of aryl methyl sites for hydroxylation is 1. The summed E-state index contributed by atoms with van der Waals surface area (Å²) in [5, 5.41) is 0. The highest BCUT2D eigenvalue weighted by molar-refractivity contribution is 5.37. The lowest BCUT2D eigenvalue weighted by molar-refractivity contribution is 0.410. The number of hydrogen-bond acceptors (Lipinski definition) is 2. The smallest absolute Gasteiger partial charge is 0.122 e. The highest BCUT2D eigenvalue weighted by atomic mass is 16.5. The Hall–Kier alpha value is -1.02. The Balaban J connectivity index is 2.91. The number of benzene rings is 1. The second-order valence-electron chi connectivity index (χ2n) is 3.04. The molecule has 1 aromatic carbocycles. The van der Waals surface area contributed by atoms with Crippen molar-refractivity contribution in [3.05, 3.63) is 29.3 Å². The molecule has 0 heterocycles. The quantitative estimate of drug-likeness (QED) is 0.764. The van der Waals surface area contributed by atoms with Gasteiger partial charge in [-0.1, -0.05) is 19.1 Å². The minimum atomic E-state index is 0.704. The zero-order valence-electron chi connectivity index (χ0n) is 8.34. The van der Waals surface area contributed by atoms with Crippen molar-refractivity contribution in [2.24, 2.45) is 5.73 Å². The van der Waals surface area contributed by atoms with Crippen LogP contribution in [0.5, 0.6) is 5.75 Å². The van der Waals surface area contributed by atoms with Crippen LogP contribution in [0.15, 0.2) is 18.2 Å². The van der Waals surface area contributed by atoms with E-state index in [1.54, 1.807) is 7.11 Å². The standard InChI is InChI=1S/C11H17NO/c1-3-10-8-9(6-7-12)4-5-11(10)13-2/h4-5,8H,3,6-7,12H2,1-2H3. The van der Waals surface area contributed by atoms with Crippen LogP contribution in [0.1, 0.15) is 18.1 Å². The van der Waals surface area contributed by atoms with Crippen LogP contribution in [-0.4, -0.2) is 13.7 Å². The monoisotopic (exact) mass is 179 g/mol. The van der Waals surface area contributed by atoms with Crippen molar-refractivity contribution in [1.82, 2.24) is 0 Å². The first-order chi connectivity index (χ1) is 6.31. The predicted molar refractivity (Wildman–Crippen MR) is 55.1 cm³/mol. The third-order valence-electron chi connectivity index (χ3n) is 2.16. The van der Waals surface area contributed by atoms with Crippen LogP contribution in [0.4, 0.5) is 0 Å². The fourth-order valence-electron chi connectivity index (χ4n) is 1.43. The van der Waals surface area contributed by atoms with Crippen molar-refractivity contribution >= 4 is 0 Å². The third-order valence-corrected chi connectivity index (χ3v) is 2.16. The Bertz CT molecular complexity index is 271. The molecule has 2 heteroatoms. The van der Waals surface area contributed by atoms with Gasteiger partial charge in [0.15, 0.2) is 0 Å². The summed E-state index contributed by atoms with van der Waals surface area (Å²) in [7, 11) is 1.71. The summed E-state index contributed by atoms with van der Waals surface area (Å²) >= 11 is 0. The molecule has 0 aromatic heterocycles. The van der Waals surface area contributed by atoms with Gasteiger partial charge in [0, 0.05) is 0 Å². The molecule has 72 valence electrons. The summed E-state index contributed by atoms with van der Waals surface area (Å²) in [6, 6.07) is 6.26. The van der Waals surface area contributed by atoms with E-state index in [9.17, 15) is 0 Å². The minimum absolute atomic E-state index is 0.704. The molecule has 1 rings (SSSR count). The van der Waals surface area contributed by atoms with E-state index in [1.807, 2.05) is 6.07 Å². The minimum Gasteiger partial charge on any atom is -0.496 e. The number of nitrogens with two attached hydrogens (primary N) is 1. The molecule has 0 saturated carbocycles. The lowest BCUT2D eigenvalue weighted by atomic mass is 10.1. The average Bonchev–Trinajstić information content (AvgIpc) is 2.18. The zero-order valence-corrected chi connectivity index (χ0v) is 8.34. The van der Waals surface area contributed by atoms with Gasteiger partial charge in [0.2, 0.25) is 0 Å². The second-order valence-corrected chi connectivity index (χ2v) is 3.04. The molecule has 1 aromatic rings. The maximum atomic E-state index is 5.49. The van der Waals surface area contributed by atoms with Crippen molar-refractivity contribution in [2.45, 2.75) is 19.8 Å². The Morgan fingerprint density at radius 1 is 1.38 bits per heavy atom. The van der Waals surface area contributed by atoms with Crippen LogP contribution in [0, 0.1) is 0 Å². The Labute approximate surface area is 79.7 Å². The lowest BCUT2D eigenvalue weighted by Gasteiger charge is -2.08. The lowest BCUT2D eigenvalue weighted by Crippen LogP contribution is -2.03. The zero-order chi connectivity index (χ0) is 9.68. The van der Waals surface area contributed by atoms with Crippen LogP contribution < -0.4 is 10.5 Å². The maximum Gasteiger partial charge on any atom is 0.122 e. The first-order valence-corrected chi connectivity index (χ1v) is 4.67. The number of ether oxygens (including phenoxy) is 1. The van der Waals surface area contributed by atoms with E-state index < -0.39 is 0 Å². The molecule has 0 aliphatic heterocycles. The first kappa shape index (κ1) is 10.1. The van der Waals surface area contributed by atoms with Gasteiger partial charge in [-0.15, -0.1) is 0 Å². The summed E-state index contributed by atoms with van der Waals surface area (Å²) < 4.78 is 5.24. The molecule has 2 nitrogen and oxygen atoms in total. The largest absolute Gasteiger partial charge is 0.496 e. The van der Waals surface area contributed by atoms with Crippen LogP contribution in [-0.2, 0) is 12.8 Å². The van der Waals surface area contributed by atoms with Crippen molar-refractivity contribution < 1.29 is 4.74 Å². The Morgan fingerprint density at radius 3 is 2.69 bits per heavy atom. The molecule has 0 saturated heterocycles. The van der Waals surface area contributed by atoms with E-state index in [0.29, 0.717) is 6.54 Å². The normalized spacial score (nSPS) is 10.1. The summed E-state index contributed by atoms with van der Waals surface area (Å²) in [6.45, 7) is 2.83. The van der Waals surface area contributed by atoms with E-state index in [0.717, 1.165) is 18.6 Å². The van der Waals surface area contributed by atoms with E-state index in [4.69, 9.17) is 10.5 Å². The van der Waals surface area contributed by atoms with E-state index in [2.05, 4.69) is 19.1 Å². The third kappa shape index (κ3) is 2.46. The van der Waals surface area contributed by atoms with Crippen LogP contribution >= 0.6 is 0 Å². The molecule has 0 aliphatic rings. The van der Waals surface area contributed by atoms with Crippen molar-refractivity contribution in [3.63, 3.8) is 0 Å². The predicted octanol–water partition coefficient (Wildman–Crippen LogP) is 1.76. The van der Waals surface area contributed by atoms with Crippen LogP contribution in [0.3, 0.4) is 0 Å². The summed E-state index contributed by atoms with van der Waals surface area (Å²) in [5.74, 6) is 0.975. The van der Waals surface area contributed by atoms with Gasteiger partial charge in [0.25, 0.3) is 0 Å². The summed E-state index contributed by atoms with van der Waals surface area (Å²) in [4.78, 5) is 0. The van der Waals surface area contributed by atoms with Crippen molar-refractivity contribution in [1.29, 1.82) is 0 Å². The van der Waals surface area contributed by atoms with E-state index >= 15 is 0 Å². The van der Waals surface area contributed by atoms with Gasteiger partial charge in [-0.2, -0.15) is 0 Å². The molecule has 0 spiro atoms. The van der Waals surface area contributed by atoms with Gasteiger partial charge in [-0.05, 0) is 36.6 Å². The van der Waals surface area contributed by atoms with E-state index in [1.165, 1.54) is 11.1 Å². The Kier molecular flexibility index (Phi) is 3.77. The van der Waals surface area contributed by atoms with Gasteiger partial charge in [-0.25, -0.2) is 0 Å². The molecule has 0 amide bonds. The van der Waals surface area contributed by atoms with Crippen LogP contribution in [0.2, 0.25) is 0 Å². The number of hydrogen-bond donors (Lipinski definition) is 1. The van der Waals surface area contributed by atoms with Crippen LogP contribution in [0.25, 0.3) is 0 Å². The highest BCUT2D eigenvalue weighted by Gasteiger charge is 2.01. The first-order valence-electron chi connectivity index (χ1n) is 4.67. The molecular formula is C11H17NO. The molecule has 13 heavy (non-hydrogen) atoms. The molecule has 0 bridgehead atoms. The topological polar surface area (TPSA) is 35.2 Å². The number of methoxy groups -OCH3 is 1. The number of rotatable bonds is 4. The van der Waals surface area contributed by atoms with E-state index in [-0.39, 0.29) is 0 Å². The molecule has 0 atom stereocenters. The molecule has 0 unspecified atom stereocenters. The fourth-order valence-corrected chi connectivity index (χ4v) is 1.43. The molecular weight excluding hydrogens is 162 g/mol. The van der Waals surface area contributed by atoms with Gasteiger partial charge < -0.3 is 10.5 Å². The summed E-state index contributed by atoms with van der Waals surface area (Å²) in [5.41, 5.74) is 8.04.